The van der Waals surface area contributed by atoms with Crippen molar-refractivity contribution in [2.45, 2.75) is 45.6 Å². The third kappa shape index (κ3) is 8.16. The topological polar surface area (TPSA) is 70.9 Å². The number of hydrogen-bond donors (Lipinski definition) is 2. The lowest BCUT2D eigenvalue weighted by Crippen LogP contribution is -2.37. The number of urea groups is 1. The summed E-state index contributed by atoms with van der Waals surface area (Å²) < 4.78 is 21.1. The van der Waals surface area contributed by atoms with Gasteiger partial charge in [0.25, 0.3) is 0 Å². The van der Waals surface area contributed by atoms with Crippen LogP contribution < -0.4 is 20.3 Å². The predicted octanol–water partition coefficient (Wildman–Crippen LogP) is 5.69. The van der Waals surface area contributed by atoms with Crippen molar-refractivity contribution in [1.29, 1.82) is 0 Å². The number of hydrogen-bond acceptors (Lipinski definition) is 5. The van der Waals surface area contributed by atoms with E-state index in [4.69, 9.17) is 9.73 Å². The van der Waals surface area contributed by atoms with Gasteiger partial charge in [-0.1, -0.05) is 38.3 Å². The van der Waals surface area contributed by atoms with Crippen molar-refractivity contribution in [3.8, 4) is 11.3 Å². The van der Waals surface area contributed by atoms with E-state index in [9.17, 15) is 9.18 Å². The van der Waals surface area contributed by atoms with Crippen LogP contribution in [0.15, 0.2) is 58.9 Å². The largest absolute Gasteiger partial charge is 0.378 e. The summed E-state index contributed by atoms with van der Waals surface area (Å²) in [5.41, 5.74) is 4.08. The van der Waals surface area contributed by atoms with Crippen LogP contribution in [0.2, 0.25) is 0 Å². The van der Waals surface area contributed by atoms with Crippen LogP contribution in [0.3, 0.4) is 0 Å². The van der Waals surface area contributed by atoms with E-state index in [1.54, 1.807) is 23.5 Å². The molecule has 0 aliphatic carbocycles. The van der Waals surface area contributed by atoms with Gasteiger partial charge in [-0.05, 0) is 54.8 Å². The molecule has 0 spiro atoms. The molecule has 1 saturated heterocycles. The molecule has 204 valence electrons. The number of carbonyl (C=O) groups is 1. The zero-order valence-electron chi connectivity index (χ0n) is 22.1. The second-order valence-corrected chi connectivity index (χ2v) is 10.2. The van der Waals surface area contributed by atoms with Gasteiger partial charge in [0.05, 0.1) is 24.6 Å². The fraction of sp³-hybridized carbons (Fsp3) is 0.448. The number of nitrogens with zero attached hydrogens (tertiary/aromatic N) is 3. The Hall–Kier alpha value is -3.17. The summed E-state index contributed by atoms with van der Waals surface area (Å²) in [6.07, 6.45) is 5.29. The molecule has 0 atom stereocenters. The van der Waals surface area contributed by atoms with E-state index in [0.29, 0.717) is 25.3 Å². The molecule has 1 aliphatic rings. The van der Waals surface area contributed by atoms with Crippen LogP contribution in [0.25, 0.3) is 11.3 Å². The van der Waals surface area contributed by atoms with Gasteiger partial charge in [0.1, 0.15) is 5.82 Å². The minimum absolute atomic E-state index is 0.119. The zero-order valence-corrected chi connectivity index (χ0v) is 22.9. The molecule has 1 aliphatic heterocycles. The Morgan fingerprint density at radius 2 is 1.68 bits per heavy atom. The molecule has 7 nitrogen and oxygen atoms in total. The van der Waals surface area contributed by atoms with Crippen LogP contribution in [0.1, 0.15) is 39.0 Å². The van der Waals surface area contributed by atoms with Crippen LogP contribution in [0, 0.1) is 5.82 Å². The Balaban J connectivity index is 1.44. The van der Waals surface area contributed by atoms with Crippen LogP contribution in [-0.4, -0.2) is 50.0 Å². The highest BCUT2D eigenvalue weighted by molar-refractivity contribution is 7.07. The smallest absolute Gasteiger partial charge is 0.314 e. The minimum atomic E-state index is -0.279. The first-order valence-electron chi connectivity index (χ1n) is 13.6. The SMILES string of the molecule is CCCCCCNC(=O)NCCCn1c(-c2ccc(N3CCOCC3)cc2)csc1=Nc1ccc(F)cc1. The van der Waals surface area contributed by atoms with Crippen molar-refractivity contribution >= 4 is 28.7 Å². The average molecular weight is 540 g/mol. The highest BCUT2D eigenvalue weighted by Crippen LogP contribution is 2.25. The summed E-state index contributed by atoms with van der Waals surface area (Å²) in [5, 5.41) is 8.02. The fourth-order valence-electron chi connectivity index (χ4n) is 4.41. The predicted molar refractivity (Wildman–Crippen MR) is 153 cm³/mol. The van der Waals surface area contributed by atoms with Gasteiger partial charge in [-0.15, -0.1) is 11.3 Å². The number of halogens is 1. The van der Waals surface area contributed by atoms with E-state index in [1.165, 1.54) is 30.7 Å². The van der Waals surface area contributed by atoms with E-state index in [1.807, 2.05) is 0 Å². The average Bonchev–Trinajstić information content (AvgIpc) is 3.35. The zero-order chi connectivity index (χ0) is 26.6. The molecule has 1 aromatic heterocycles. The molecular weight excluding hydrogens is 501 g/mol. The van der Waals surface area contributed by atoms with Crippen molar-refractivity contribution < 1.29 is 13.9 Å². The highest BCUT2D eigenvalue weighted by Gasteiger charge is 2.13. The lowest BCUT2D eigenvalue weighted by Gasteiger charge is -2.28. The van der Waals surface area contributed by atoms with Crippen LogP contribution >= 0.6 is 11.3 Å². The molecule has 2 amide bonds. The van der Waals surface area contributed by atoms with Crippen LogP contribution in [-0.2, 0) is 11.3 Å². The number of anilines is 1. The number of benzene rings is 2. The van der Waals surface area contributed by atoms with E-state index >= 15 is 0 Å². The first kappa shape index (κ1) is 27.9. The van der Waals surface area contributed by atoms with Gasteiger partial charge >= 0.3 is 6.03 Å². The summed E-state index contributed by atoms with van der Waals surface area (Å²) >= 11 is 1.56. The van der Waals surface area contributed by atoms with Gasteiger partial charge in [-0.2, -0.15) is 0 Å². The number of nitrogens with one attached hydrogen (secondary N) is 2. The normalized spacial score (nSPS) is 14.1. The third-order valence-corrected chi connectivity index (χ3v) is 7.41. The second-order valence-electron chi connectivity index (χ2n) is 9.39. The van der Waals surface area contributed by atoms with Crippen molar-refractivity contribution in [1.82, 2.24) is 15.2 Å². The molecule has 3 aromatic rings. The second kappa shape index (κ2) is 14.7. The molecule has 0 radical (unpaired) electrons. The summed E-state index contributed by atoms with van der Waals surface area (Å²) in [7, 11) is 0. The third-order valence-electron chi connectivity index (χ3n) is 6.55. The molecule has 38 heavy (non-hydrogen) atoms. The molecule has 0 unspecified atom stereocenters. The first-order chi connectivity index (χ1) is 18.6. The summed E-state index contributed by atoms with van der Waals surface area (Å²) in [4.78, 5) is 20.1. The molecule has 9 heteroatoms. The summed E-state index contributed by atoms with van der Waals surface area (Å²) in [6, 6.07) is 14.7. The fourth-order valence-corrected chi connectivity index (χ4v) is 5.37. The summed E-state index contributed by atoms with van der Waals surface area (Å²) in [6.45, 7) is 7.45. The van der Waals surface area contributed by atoms with Crippen molar-refractivity contribution in [2.75, 3.05) is 44.3 Å². The number of aromatic nitrogens is 1. The van der Waals surface area contributed by atoms with Gasteiger partial charge in [0, 0.05) is 43.8 Å². The van der Waals surface area contributed by atoms with Gasteiger partial charge in [0.15, 0.2) is 4.80 Å². The Bertz CT molecular complexity index is 1200. The maximum absolute atomic E-state index is 13.4. The lowest BCUT2D eigenvalue weighted by molar-refractivity contribution is 0.122. The number of unbranched alkanes of at least 4 members (excludes halogenated alkanes) is 3. The van der Waals surface area contributed by atoms with E-state index in [2.05, 4.69) is 56.7 Å². The number of carbonyl (C=O) groups excluding carboxylic acids is 1. The Kier molecular flexibility index (Phi) is 10.8. The molecule has 1 fully saturated rings. The molecule has 4 rings (SSSR count). The highest BCUT2D eigenvalue weighted by atomic mass is 32.1. The summed E-state index contributed by atoms with van der Waals surface area (Å²) in [5.74, 6) is -0.279. The number of morpholine rings is 1. The van der Waals surface area contributed by atoms with E-state index in [-0.39, 0.29) is 11.8 Å². The molecule has 2 N–H and O–H groups in total. The van der Waals surface area contributed by atoms with Gasteiger partial charge < -0.3 is 24.8 Å². The first-order valence-corrected chi connectivity index (χ1v) is 14.5. The molecular formula is C29H38FN5O2S. The van der Waals surface area contributed by atoms with Gasteiger partial charge in [-0.3, -0.25) is 0 Å². The molecule has 2 aromatic carbocycles. The maximum atomic E-state index is 13.4. The van der Waals surface area contributed by atoms with Crippen LogP contribution in [0.4, 0.5) is 20.6 Å². The molecule has 2 heterocycles. The molecule has 0 saturated carbocycles. The number of rotatable bonds is 12. The van der Waals surface area contributed by atoms with E-state index < -0.39 is 0 Å². The molecule has 0 bridgehead atoms. The number of thiazole rings is 1. The number of amides is 2. The lowest BCUT2D eigenvalue weighted by atomic mass is 10.1. The Morgan fingerprint density at radius 1 is 0.974 bits per heavy atom. The maximum Gasteiger partial charge on any atom is 0.314 e. The number of ether oxygens (including phenoxy) is 1. The van der Waals surface area contributed by atoms with Crippen molar-refractivity contribution in [3.63, 3.8) is 0 Å². The van der Waals surface area contributed by atoms with Gasteiger partial charge in [-0.25, -0.2) is 14.2 Å². The van der Waals surface area contributed by atoms with Crippen molar-refractivity contribution in [2.24, 2.45) is 4.99 Å². The monoisotopic (exact) mass is 539 g/mol. The van der Waals surface area contributed by atoms with Crippen LogP contribution in [0.5, 0.6) is 0 Å². The minimum Gasteiger partial charge on any atom is -0.378 e. The van der Waals surface area contributed by atoms with Gasteiger partial charge in [0.2, 0.25) is 0 Å². The van der Waals surface area contributed by atoms with Crippen molar-refractivity contribution in [3.05, 3.63) is 64.5 Å². The Labute approximate surface area is 228 Å². The Morgan fingerprint density at radius 3 is 2.39 bits per heavy atom. The van der Waals surface area contributed by atoms with E-state index in [0.717, 1.165) is 61.6 Å². The quantitative estimate of drug-likeness (QED) is 0.290. The standard InChI is InChI=1S/C29H38FN5O2S/c1-2-3-4-5-15-31-28(36)32-16-6-17-35-27(22-38-29(35)33-25-11-9-24(30)10-12-25)23-7-13-26(14-8-23)34-18-20-37-21-19-34/h7-14,22H,2-6,15-21H2,1H3,(H2,31,32,36).